The molecule has 0 bridgehead atoms. The van der Waals surface area contributed by atoms with Crippen molar-refractivity contribution in [2.75, 3.05) is 13.2 Å². The highest BCUT2D eigenvalue weighted by Gasteiger charge is 2.16. The molecule has 0 aliphatic carbocycles. The average molecular weight is 675 g/mol. The van der Waals surface area contributed by atoms with Crippen LogP contribution in [0.25, 0.3) is 0 Å². The summed E-state index contributed by atoms with van der Waals surface area (Å²) in [6, 6.07) is 0. The maximum absolute atomic E-state index is 12.2. The Morgan fingerprint density at radius 3 is 1.29 bits per heavy atom. The van der Waals surface area contributed by atoms with Gasteiger partial charge < -0.3 is 14.6 Å². The van der Waals surface area contributed by atoms with Crippen LogP contribution in [-0.2, 0) is 19.1 Å². The first-order valence-electron chi connectivity index (χ1n) is 20.5. The lowest BCUT2D eigenvalue weighted by molar-refractivity contribution is -0.161. The summed E-state index contributed by atoms with van der Waals surface area (Å²) in [5.74, 6) is -0.601. The van der Waals surface area contributed by atoms with Crippen molar-refractivity contribution in [2.45, 2.75) is 213 Å². The van der Waals surface area contributed by atoms with Gasteiger partial charge in [0, 0.05) is 12.8 Å². The van der Waals surface area contributed by atoms with Gasteiger partial charge in [0.05, 0.1) is 6.61 Å². The van der Waals surface area contributed by atoms with Crippen molar-refractivity contribution in [2.24, 2.45) is 0 Å². The topological polar surface area (TPSA) is 72.8 Å². The van der Waals surface area contributed by atoms with E-state index in [0.717, 1.165) is 51.4 Å². The monoisotopic (exact) mass is 675 g/mol. The number of aliphatic hydroxyl groups excluding tert-OH is 1. The quantitative estimate of drug-likeness (QED) is 0.0403. The highest BCUT2D eigenvalue weighted by Crippen LogP contribution is 2.13. The van der Waals surface area contributed by atoms with Crippen LogP contribution in [0.3, 0.4) is 0 Å². The van der Waals surface area contributed by atoms with Gasteiger partial charge in [-0.1, -0.05) is 159 Å². The Bertz CT molecular complexity index is 771. The second kappa shape index (κ2) is 39.6. The summed E-state index contributed by atoms with van der Waals surface area (Å²) in [5, 5.41) is 9.56. The molecule has 0 rings (SSSR count). The molecule has 0 unspecified atom stereocenters. The molecule has 0 saturated carbocycles. The summed E-state index contributed by atoms with van der Waals surface area (Å²) >= 11 is 0. The predicted octanol–water partition coefficient (Wildman–Crippen LogP) is 12.8. The van der Waals surface area contributed by atoms with E-state index >= 15 is 0 Å². The van der Waals surface area contributed by atoms with Gasteiger partial charge in [-0.05, 0) is 70.6 Å². The van der Waals surface area contributed by atoms with Crippen LogP contribution in [0.1, 0.15) is 206 Å². The fourth-order valence-electron chi connectivity index (χ4n) is 5.75. The van der Waals surface area contributed by atoms with Gasteiger partial charge in [0.1, 0.15) is 6.61 Å². The molecule has 0 aromatic carbocycles. The Balaban J connectivity index is 3.56. The van der Waals surface area contributed by atoms with E-state index in [1.807, 2.05) is 0 Å². The second-order valence-electron chi connectivity index (χ2n) is 13.7. The number of hydrogen-bond donors (Lipinski definition) is 1. The number of hydrogen-bond acceptors (Lipinski definition) is 5. The molecule has 48 heavy (non-hydrogen) atoms. The molecule has 1 N–H and O–H groups in total. The van der Waals surface area contributed by atoms with E-state index in [4.69, 9.17) is 9.47 Å². The summed E-state index contributed by atoms with van der Waals surface area (Å²) in [6.45, 7) is 4.10. The molecule has 0 amide bonds. The van der Waals surface area contributed by atoms with Crippen LogP contribution in [0.15, 0.2) is 36.5 Å². The Labute approximate surface area is 297 Å². The minimum Gasteiger partial charge on any atom is -0.462 e. The Morgan fingerprint density at radius 2 is 0.833 bits per heavy atom. The molecule has 280 valence electrons. The molecular formula is C43H78O5. The van der Waals surface area contributed by atoms with E-state index in [1.165, 1.54) is 128 Å². The van der Waals surface area contributed by atoms with Crippen molar-refractivity contribution in [1.29, 1.82) is 0 Å². The zero-order valence-electron chi connectivity index (χ0n) is 31.7. The van der Waals surface area contributed by atoms with Crippen molar-refractivity contribution in [3.63, 3.8) is 0 Å². The lowest BCUT2D eigenvalue weighted by Gasteiger charge is -2.15. The molecular weight excluding hydrogens is 596 g/mol. The van der Waals surface area contributed by atoms with E-state index in [9.17, 15) is 14.7 Å². The van der Waals surface area contributed by atoms with Crippen LogP contribution in [0.2, 0.25) is 0 Å². The average Bonchev–Trinajstić information content (AvgIpc) is 3.09. The van der Waals surface area contributed by atoms with Crippen molar-refractivity contribution >= 4 is 11.9 Å². The molecule has 0 heterocycles. The third-order valence-corrected chi connectivity index (χ3v) is 8.91. The fraction of sp³-hybridized carbons (Fsp3) is 0.814. The van der Waals surface area contributed by atoms with E-state index in [1.54, 1.807) is 0 Å². The molecule has 0 fully saturated rings. The maximum Gasteiger partial charge on any atom is 0.306 e. The van der Waals surface area contributed by atoms with Crippen LogP contribution in [-0.4, -0.2) is 36.4 Å². The van der Waals surface area contributed by atoms with Crippen LogP contribution in [0, 0.1) is 0 Å². The lowest BCUT2D eigenvalue weighted by Crippen LogP contribution is -2.28. The first-order chi connectivity index (χ1) is 23.6. The first kappa shape index (κ1) is 46.1. The van der Waals surface area contributed by atoms with Crippen LogP contribution < -0.4 is 0 Å². The smallest absolute Gasteiger partial charge is 0.306 e. The third kappa shape index (κ3) is 36.9. The largest absolute Gasteiger partial charge is 0.462 e. The van der Waals surface area contributed by atoms with Gasteiger partial charge in [0.25, 0.3) is 0 Å². The second-order valence-corrected chi connectivity index (χ2v) is 13.7. The number of unbranched alkanes of at least 4 members (excludes halogenated alkanes) is 23. The SMILES string of the molecule is CCCCC/C=C\C/C=C\CCCCCCCCCC(=O)OC[C@H](CO)OC(=O)CCCCCCCCC/C=C\CCCCCCCC. The van der Waals surface area contributed by atoms with Gasteiger partial charge in [-0.25, -0.2) is 0 Å². The number of allylic oxidation sites excluding steroid dienone is 6. The van der Waals surface area contributed by atoms with Crippen LogP contribution >= 0.6 is 0 Å². The molecule has 0 aromatic heterocycles. The molecule has 0 spiro atoms. The van der Waals surface area contributed by atoms with Gasteiger partial charge in [-0.2, -0.15) is 0 Å². The zero-order valence-corrected chi connectivity index (χ0v) is 31.7. The third-order valence-electron chi connectivity index (χ3n) is 8.91. The Morgan fingerprint density at radius 1 is 0.479 bits per heavy atom. The highest BCUT2D eigenvalue weighted by molar-refractivity contribution is 5.70. The molecule has 0 aromatic rings. The maximum atomic E-state index is 12.2. The normalized spacial score (nSPS) is 12.5. The molecule has 0 aliphatic rings. The molecule has 1 atom stereocenters. The number of esters is 2. The molecule has 5 heteroatoms. The van der Waals surface area contributed by atoms with Gasteiger partial charge in [-0.15, -0.1) is 0 Å². The standard InChI is InChI=1S/C43H78O5/c1-3-5-7-9-11-13-15-17-19-21-23-25-27-29-31-33-35-37-42(45)47-40-41(39-44)48-43(46)38-36-34-32-30-28-26-24-22-20-18-16-14-12-10-8-6-4-2/h11,13,17-20,41,44H,3-10,12,14-16,21-40H2,1-2H3/b13-11-,19-17-,20-18-/t41-/m0/s1. The minimum absolute atomic E-state index is 0.0704. The van der Waals surface area contributed by atoms with E-state index in [0.29, 0.717) is 12.8 Å². The summed E-state index contributed by atoms with van der Waals surface area (Å²) in [7, 11) is 0. The summed E-state index contributed by atoms with van der Waals surface area (Å²) in [5.41, 5.74) is 0. The number of ether oxygens (including phenoxy) is 2. The molecule has 0 aliphatic heterocycles. The van der Waals surface area contributed by atoms with Crippen molar-refractivity contribution in [3.8, 4) is 0 Å². The zero-order chi connectivity index (χ0) is 35.0. The number of carbonyl (C=O) groups excluding carboxylic acids is 2. The first-order valence-corrected chi connectivity index (χ1v) is 20.5. The summed E-state index contributed by atoms with van der Waals surface area (Å²) in [6.07, 6.45) is 47.7. The van der Waals surface area contributed by atoms with E-state index < -0.39 is 6.10 Å². The number of rotatable bonds is 37. The lowest BCUT2D eigenvalue weighted by atomic mass is 10.1. The van der Waals surface area contributed by atoms with Gasteiger partial charge in [0.2, 0.25) is 0 Å². The molecule has 0 radical (unpaired) electrons. The fourth-order valence-corrected chi connectivity index (χ4v) is 5.75. The molecule has 5 nitrogen and oxygen atoms in total. The van der Waals surface area contributed by atoms with Crippen molar-refractivity contribution in [3.05, 3.63) is 36.5 Å². The van der Waals surface area contributed by atoms with E-state index in [-0.39, 0.29) is 25.2 Å². The van der Waals surface area contributed by atoms with Gasteiger partial charge in [-0.3, -0.25) is 9.59 Å². The van der Waals surface area contributed by atoms with Gasteiger partial charge in [0.15, 0.2) is 6.10 Å². The van der Waals surface area contributed by atoms with Crippen LogP contribution in [0.4, 0.5) is 0 Å². The van der Waals surface area contributed by atoms with E-state index in [2.05, 4.69) is 50.3 Å². The summed E-state index contributed by atoms with van der Waals surface area (Å²) < 4.78 is 10.6. The van der Waals surface area contributed by atoms with Gasteiger partial charge >= 0.3 is 11.9 Å². The Kier molecular flexibility index (Phi) is 38.0. The number of carbonyl (C=O) groups is 2. The highest BCUT2D eigenvalue weighted by atomic mass is 16.6. The molecule has 0 saturated heterocycles. The predicted molar refractivity (Wildman–Crippen MR) is 205 cm³/mol. The minimum atomic E-state index is -0.775. The summed E-state index contributed by atoms with van der Waals surface area (Å²) in [4.78, 5) is 24.3. The van der Waals surface area contributed by atoms with Crippen molar-refractivity contribution in [1.82, 2.24) is 0 Å². The Hall–Kier alpha value is -1.88. The number of aliphatic hydroxyl groups is 1. The van der Waals surface area contributed by atoms with Crippen LogP contribution in [0.5, 0.6) is 0 Å². The van der Waals surface area contributed by atoms with Crippen molar-refractivity contribution < 1.29 is 24.2 Å².